The van der Waals surface area contributed by atoms with E-state index in [1.165, 1.54) is 29.7 Å². The number of carbonyl (C=O) groups excluding carboxylic acids is 3. The summed E-state index contributed by atoms with van der Waals surface area (Å²) in [5.41, 5.74) is 3.51. The van der Waals surface area contributed by atoms with Crippen molar-refractivity contribution in [3.05, 3.63) is 65.3 Å². The molecule has 2 aromatic rings. The molecule has 10 heteroatoms. The van der Waals surface area contributed by atoms with Crippen LogP contribution in [0, 0.1) is 5.82 Å². The molecule has 2 aromatic carbocycles. The van der Waals surface area contributed by atoms with Crippen LogP contribution in [0.3, 0.4) is 0 Å². The second-order valence-electron chi connectivity index (χ2n) is 7.79. The first-order chi connectivity index (χ1) is 16.4. The van der Waals surface area contributed by atoms with Crippen LogP contribution in [-0.4, -0.2) is 55.2 Å². The van der Waals surface area contributed by atoms with Crippen LogP contribution in [0.25, 0.3) is 11.1 Å². The lowest BCUT2D eigenvalue weighted by molar-refractivity contribution is -0.119. The Kier molecular flexibility index (Phi) is 7.27. The van der Waals surface area contributed by atoms with Crippen LogP contribution in [0.15, 0.2) is 58.9 Å². The topological polar surface area (TPSA) is 100 Å². The zero-order valence-corrected chi connectivity index (χ0v) is 19.2. The van der Waals surface area contributed by atoms with E-state index in [0.717, 1.165) is 0 Å². The van der Waals surface area contributed by atoms with Gasteiger partial charge in [-0.1, -0.05) is 30.0 Å². The molecule has 4 rings (SSSR count). The smallest absolute Gasteiger partial charge is 0.414 e. The number of anilines is 1. The zero-order valence-electron chi connectivity index (χ0n) is 18.4. The lowest BCUT2D eigenvalue weighted by atomic mass is 10.0. The van der Waals surface area contributed by atoms with Gasteiger partial charge in [0.2, 0.25) is 5.91 Å². The Bertz CT molecular complexity index is 1140. The summed E-state index contributed by atoms with van der Waals surface area (Å²) >= 11 is 1.49. The Hall–Kier alpha value is -3.66. The molecule has 2 aliphatic rings. The summed E-state index contributed by atoms with van der Waals surface area (Å²) in [6.45, 7) is 2.18. The van der Waals surface area contributed by atoms with Gasteiger partial charge in [0.15, 0.2) is 0 Å². The van der Waals surface area contributed by atoms with Crippen molar-refractivity contribution in [2.24, 2.45) is 4.99 Å². The standard InChI is InChI=1S/C24H23FN4O4S/c1-15(30)26-12-20-13-29(24(32)33-20)19-6-7-21(22(25)10-19)16-2-4-17(5-3-16)23(31)27-11-18-8-9-34-14-28-18/h2-10,14,18,20H,11-13H2,1H3,(H,26,30)(H,27,31)/t18?,20-/m0/s1. The Labute approximate surface area is 200 Å². The maximum Gasteiger partial charge on any atom is 0.414 e. The first-order valence-electron chi connectivity index (χ1n) is 10.7. The molecule has 0 saturated carbocycles. The molecule has 3 amide bonds. The SMILES string of the molecule is CC(=O)NC[C@H]1CN(c2ccc(-c3ccc(C(=O)NCC4C=CSC=N4)cc3)c(F)c2)C(=O)O1. The van der Waals surface area contributed by atoms with Crippen LogP contribution in [0.1, 0.15) is 17.3 Å². The summed E-state index contributed by atoms with van der Waals surface area (Å²) in [6.07, 6.45) is 0.828. The van der Waals surface area contributed by atoms with E-state index in [2.05, 4.69) is 15.6 Å². The van der Waals surface area contributed by atoms with Gasteiger partial charge in [-0.15, -0.1) is 0 Å². The minimum absolute atomic E-state index is 0.0781. The number of nitrogens with zero attached hydrogens (tertiary/aromatic N) is 2. The molecule has 1 fully saturated rings. The molecule has 1 unspecified atom stereocenters. The van der Waals surface area contributed by atoms with Crippen molar-refractivity contribution in [3.8, 4) is 11.1 Å². The van der Waals surface area contributed by atoms with Gasteiger partial charge in [-0.2, -0.15) is 0 Å². The lowest BCUT2D eigenvalue weighted by Gasteiger charge is -2.15. The second-order valence-corrected chi connectivity index (χ2v) is 8.55. The summed E-state index contributed by atoms with van der Waals surface area (Å²) in [5, 5.41) is 7.37. The molecular weight excluding hydrogens is 459 g/mol. The number of rotatable bonds is 7. The summed E-state index contributed by atoms with van der Waals surface area (Å²) < 4.78 is 20.1. The number of hydrogen-bond donors (Lipinski definition) is 2. The Morgan fingerprint density at radius 3 is 2.65 bits per heavy atom. The number of thioether (sulfide) groups is 1. The molecule has 2 aliphatic heterocycles. The van der Waals surface area contributed by atoms with Crippen LogP contribution in [0.4, 0.5) is 14.9 Å². The molecule has 176 valence electrons. The highest BCUT2D eigenvalue weighted by molar-refractivity contribution is 8.14. The predicted molar refractivity (Wildman–Crippen MR) is 129 cm³/mol. The largest absolute Gasteiger partial charge is 0.442 e. The van der Waals surface area contributed by atoms with Gasteiger partial charge >= 0.3 is 6.09 Å². The zero-order chi connectivity index (χ0) is 24.1. The lowest BCUT2D eigenvalue weighted by Crippen LogP contribution is -2.33. The Balaban J connectivity index is 1.40. The number of benzene rings is 2. The van der Waals surface area contributed by atoms with Crippen molar-refractivity contribution >= 4 is 40.9 Å². The van der Waals surface area contributed by atoms with Gasteiger partial charge in [-0.05, 0) is 41.3 Å². The second kappa shape index (κ2) is 10.5. The van der Waals surface area contributed by atoms with E-state index < -0.39 is 18.0 Å². The Morgan fingerprint density at radius 2 is 1.97 bits per heavy atom. The highest BCUT2D eigenvalue weighted by Gasteiger charge is 2.32. The molecule has 0 aliphatic carbocycles. The van der Waals surface area contributed by atoms with E-state index in [1.807, 2.05) is 11.5 Å². The van der Waals surface area contributed by atoms with Crippen LogP contribution in [0.2, 0.25) is 0 Å². The van der Waals surface area contributed by atoms with Gasteiger partial charge in [0.25, 0.3) is 5.91 Å². The van der Waals surface area contributed by atoms with Crippen molar-refractivity contribution in [2.75, 3.05) is 24.5 Å². The van der Waals surface area contributed by atoms with Gasteiger partial charge < -0.3 is 15.4 Å². The normalized spacial score (nSPS) is 19.1. The van der Waals surface area contributed by atoms with Gasteiger partial charge in [0.1, 0.15) is 11.9 Å². The van der Waals surface area contributed by atoms with E-state index in [0.29, 0.717) is 28.9 Å². The highest BCUT2D eigenvalue weighted by atomic mass is 32.2. The van der Waals surface area contributed by atoms with Crippen molar-refractivity contribution in [1.29, 1.82) is 0 Å². The molecule has 2 heterocycles. The molecule has 2 N–H and O–H groups in total. The van der Waals surface area contributed by atoms with E-state index in [9.17, 15) is 18.8 Å². The Morgan fingerprint density at radius 1 is 1.18 bits per heavy atom. The molecular formula is C24H23FN4O4S. The number of hydrogen-bond acceptors (Lipinski definition) is 6. The van der Waals surface area contributed by atoms with Crippen LogP contribution in [0.5, 0.6) is 0 Å². The summed E-state index contributed by atoms with van der Waals surface area (Å²) in [5.74, 6) is -0.957. The number of aliphatic imine (C=N–C) groups is 1. The maximum atomic E-state index is 14.9. The number of cyclic esters (lactones) is 1. The molecule has 8 nitrogen and oxygen atoms in total. The fraction of sp³-hybridized carbons (Fsp3) is 0.250. The van der Waals surface area contributed by atoms with Gasteiger partial charge in [-0.3, -0.25) is 19.5 Å². The predicted octanol–water partition coefficient (Wildman–Crippen LogP) is 3.34. The number of ether oxygens (including phenoxy) is 1. The summed E-state index contributed by atoms with van der Waals surface area (Å²) in [4.78, 5) is 41.2. The average Bonchev–Trinajstić information content (AvgIpc) is 3.22. The third-order valence-electron chi connectivity index (χ3n) is 5.34. The van der Waals surface area contributed by atoms with Crippen molar-refractivity contribution in [2.45, 2.75) is 19.1 Å². The summed E-state index contributed by atoms with van der Waals surface area (Å²) in [6, 6.07) is 11.0. The first-order valence-corrected chi connectivity index (χ1v) is 11.6. The van der Waals surface area contributed by atoms with Crippen LogP contribution in [-0.2, 0) is 9.53 Å². The number of amides is 3. The molecule has 0 radical (unpaired) electrons. The van der Waals surface area contributed by atoms with Crippen LogP contribution < -0.4 is 15.5 Å². The number of halogens is 1. The monoisotopic (exact) mass is 482 g/mol. The molecule has 0 aromatic heterocycles. The third-order valence-corrected chi connectivity index (χ3v) is 5.90. The fourth-order valence-electron chi connectivity index (χ4n) is 3.56. The van der Waals surface area contributed by atoms with E-state index in [1.54, 1.807) is 41.9 Å². The third kappa shape index (κ3) is 5.63. The van der Waals surface area contributed by atoms with E-state index in [4.69, 9.17) is 4.74 Å². The molecule has 0 spiro atoms. The first kappa shape index (κ1) is 23.5. The molecule has 34 heavy (non-hydrogen) atoms. The minimum atomic E-state index is -0.592. The minimum Gasteiger partial charge on any atom is -0.442 e. The quantitative estimate of drug-likeness (QED) is 0.631. The van der Waals surface area contributed by atoms with E-state index in [-0.39, 0.29) is 30.9 Å². The van der Waals surface area contributed by atoms with Gasteiger partial charge in [-0.25, -0.2) is 9.18 Å². The van der Waals surface area contributed by atoms with Gasteiger partial charge in [0.05, 0.1) is 30.4 Å². The molecule has 0 bridgehead atoms. The van der Waals surface area contributed by atoms with Crippen molar-refractivity contribution < 1.29 is 23.5 Å². The van der Waals surface area contributed by atoms with E-state index >= 15 is 0 Å². The highest BCUT2D eigenvalue weighted by Crippen LogP contribution is 2.29. The van der Waals surface area contributed by atoms with Crippen molar-refractivity contribution in [1.82, 2.24) is 10.6 Å². The fourth-order valence-corrected chi connectivity index (χ4v) is 4.13. The maximum absolute atomic E-state index is 14.9. The molecule has 1 saturated heterocycles. The molecule has 2 atom stereocenters. The van der Waals surface area contributed by atoms with Gasteiger partial charge in [0, 0.05) is 24.6 Å². The summed E-state index contributed by atoms with van der Waals surface area (Å²) in [7, 11) is 0. The van der Waals surface area contributed by atoms with Crippen LogP contribution >= 0.6 is 11.8 Å². The average molecular weight is 483 g/mol. The number of carbonyl (C=O) groups is 3. The van der Waals surface area contributed by atoms with Crippen molar-refractivity contribution in [3.63, 3.8) is 0 Å². The number of nitrogens with one attached hydrogen (secondary N) is 2.